The summed E-state index contributed by atoms with van der Waals surface area (Å²) in [6.45, 7) is 3.22. The fraction of sp³-hybridized carbons (Fsp3) is 1.00. The van der Waals surface area contributed by atoms with Gasteiger partial charge in [-0.15, -0.1) is 0 Å². The smallest absolute Gasteiger partial charge is 0.0619 e. The molecule has 0 aromatic rings. The van der Waals surface area contributed by atoms with Crippen molar-refractivity contribution in [1.29, 1.82) is 0 Å². The first kappa shape index (κ1) is 12.6. The summed E-state index contributed by atoms with van der Waals surface area (Å²) < 4.78 is 6.14. The van der Waals surface area contributed by atoms with E-state index in [1.54, 1.807) is 6.42 Å². The molecular weight excluding hydrogens is 234 g/mol. The highest BCUT2D eigenvalue weighted by Gasteiger charge is 2.47. The van der Waals surface area contributed by atoms with Crippen LogP contribution in [0.3, 0.4) is 0 Å². The third-order valence-electron chi connectivity index (χ3n) is 6.46. The summed E-state index contributed by atoms with van der Waals surface area (Å²) in [5.74, 6) is 5.15. The second kappa shape index (κ2) is 5.37. The van der Waals surface area contributed by atoms with Gasteiger partial charge >= 0.3 is 0 Å². The van der Waals surface area contributed by atoms with Gasteiger partial charge in [-0.2, -0.15) is 0 Å². The fourth-order valence-electron chi connectivity index (χ4n) is 5.72. The van der Waals surface area contributed by atoms with Gasteiger partial charge in [-0.1, -0.05) is 6.42 Å². The molecule has 0 radical (unpaired) electrons. The number of hydrogen-bond acceptors (Lipinski definition) is 2. The van der Waals surface area contributed by atoms with E-state index in [2.05, 4.69) is 5.32 Å². The average molecular weight is 263 g/mol. The first-order valence-corrected chi connectivity index (χ1v) is 8.69. The Morgan fingerprint density at radius 2 is 1.58 bits per heavy atom. The van der Waals surface area contributed by atoms with Crippen LogP contribution < -0.4 is 5.32 Å². The molecule has 5 aliphatic rings. The van der Waals surface area contributed by atoms with Crippen LogP contribution >= 0.6 is 0 Å². The maximum Gasteiger partial charge on any atom is 0.0619 e. The molecule has 1 heterocycles. The molecule has 5 rings (SSSR count). The van der Waals surface area contributed by atoms with Crippen molar-refractivity contribution in [3.8, 4) is 0 Å². The van der Waals surface area contributed by atoms with Crippen LogP contribution in [0, 0.1) is 29.6 Å². The molecule has 4 bridgehead atoms. The molecular formula is C17H29NO. The highest BCUT2D eigenvalue weighted by atomic mass is 16.5. The monoisotopic (exact) mass is 263 g/mol. The Morgan fingerprint density at radius 1 is 0.842 bits per heavy atom. The van der Waals surface area contributed by atoms with Crippen LogP contribution in [0.1, 0.15) is 51.4 Å². The zero-order valence-electron chi connectivity index (χ0n) is 12.2. The molecule has 108 valence electrons. The van der Waals surface area contributed by atoms with Crippen molar-refractivity contribution in [3.05, 3.63) is 0 Å². The van der Waals surface area contributed by atoms with Gasteiger partial charge in [0.15, 0.2) is 0 Å². The predicted molar refractivity (Wildman–Crippen MR) is 77.0 cm³/mol. The van der Waals surface area contributed by atoms with Gasteiger partial charge < -0.3 is 10.1 Å². The number of piperidine rings is 1. The lowest BCUT2D eigenvalue weighted by Crippen LogP contribution is -2.47. The normalized spacial score (nSPS) is 48.6. The van der Waals surface area contributed by atoms with E-state index < -0.39 is 0 Å². The zero-order chi connectivity index (χ0) is 12.7. The summed E-state index contributed by atoms with van der Waals surface area (Å²) >= 11 is 0. The van der Waals surface area contributed by atoms with Gasteiger partial charge in [0.05, 0.1) is 6.61 Å². The van der Waals surface area contributed by atoms with Crippen LogP contribution in [0.25, 0.3) is 0 Å². The van der Waals surface area contributed by atoms with E-state index in [4.69, 9.17) is 4.74 Å². The van der Waals surface area contributed by atoms with Gasteiger partial charge in [-0.05, 0) is 81.1 Å². The maximum absolute atomic E-state index is 6.14. The molecule has 0 amide bonds. The summed E-state index contributed by atoms with van der Waals surface area (Å²) in [5, 5.41) is 3.60. The lowest BCUT2D eigenvalue weighted by Gasteiger charge is -2.54. The van der Waals surface area contributed by atoms with Gasteiger partial charge in [-0.3, -0.25) is 0 Å². The van der Waals surface area contributed by atoms with Crippen molar-refractivity contribution in [3.63, 3.8) is 0 Å². The minimum atomic E-state index is 0.644. The zero-order valence-corrected chi connectivity index (χ0v) is 12.2. The van der Waals surface area contributed by atoms with E-state index in [0.717, 1.165) is 42.8 Å². The Balaban J connectivity index is 1.26. The topological polar surface area (TPSA) is 21.3 Å². The quantitative estimate of drug-likeness (QED) is 0.841. The van der Waals surface area contributed by atoms with Gasteiger partial charge in [0, 0.05) is 12.6 Å². The fourth-order valence-corrected chi connectivity index (χ4v) is 5.72. The first-order chi connectivity index (χ1) is 9.38. The van der Waals surface area contributed by atoms with E-state index in [1.165, 1.54) is 51.5 Å². The molecule has 0 aromatic carbocycles. The van der Waals surface area contributed by atoms with Crippen molar-refractivity contribution in [2.75, 3.05) is 19.8 Å². The molecule has 4 aliphatic carbocycles. The van der Waals surface area contributed by atoms with Crippen LogP contribution in [-0.2, 0) is 4.74 Å². The Kier molecular flexibility index (Phi) is 3.57. The highest BCUT2D eigenvalue weighted by Crippen LogP contribution is 2.56. The molecule has 2 heteroatoms. The number of hydrogen-bond donors (Lipinski definition) is 1. The number of ether oxygens (including phenoxy) is 1. The van der Waals surface area contributed by atoms with E-state index in [1.807, 2.05) is 0 Å². The van der Waals surface area contributed by atoms with Crippen LogP contribution in [0.5, 0.6) is 0 Å². The highest BCUT2D eigenvalue weighted by molar-refractivity contribution is 4.98. The Morgan fingerprint density at radius 3 is 2.21 bits per heavy atom. The molecule has 2 nitrogen and oxygen atoms in total. The largest absolute Gasteiger partial charge is 0.380 e. The third-order valence-corrected chi connectivity index (χ3v) is 6.46. The minimum Gasteiger partial charge on any atom is -0.380 e. The minimum absolute atomic E-state index is 0.644. The van der Waals surface area contributed by atoms with Crippen LogP contribution in [0.15, 0.2) is 0 Å². The average Bonchev–Trinajstić information content (AvgIpc) is 2.42. The summed E-state index contributed by atoms with van der Waals surface area (Å²) in [4.78, 5) is 0. The molecule has 19 heavy (non-hydrogen) atoms. The van der Waals surface area contributed by atoms with Crippen LogP contribution in [-0.4, -0.2) is 25.8 Å². The molecule has 4 saturated carbocycles. The summed E-state index contributed by atoms with van der Waals surface area (Å²) in [6.07, 6.45) is 11.7. The molecule has 1 unspecified atom stereocenters. The SMILES string of the molecule is C1CCC(COCC2C3CC4CC(C3)CC2C4)NC1. The van der Waals surface area contributed by atoms with Crippen molar-refractivity contribution in [2.24, 2.45) is 29.6 Å². The molecule has 1 atom stereocenters. The van der Waals surface area contributed by atoms with Crippen molar-refractivity contribution < 1.29 is 4.74 Å². The van der Waals surface area contributed by atoms with Gasteiger partial charge in [-0.25, -0.2) is 0 Å². The van der Waals surface area contributed by atoms with Crippen LogP contribution in [0.2, 0.25) is 0 Å². The molecule has 5 fully saturated rings. The molecule has 0 spiro atoms. The lowest BCUT2D eigenvalue weighted by molar-refractivity contribution is -0.0740. The second-order valence-electron chi connectivity index (χ2n) is 7.78. The second-order valence-corrected chi connectivity index (χ2v) is 7.78. The first-order valence-electron chi connectivity index (χ1n) is 8.69. The molecule has 1 saturated heterocycles. The molecule has 1 aliphatic heterocycles. The maximum atomic E-state index is 6.14. The van der Waals surface area contributed by atoms with Crippen molar-refractivity contribution >= 4 is 0 Å². The summed E-state index contributed by atoms with van der Waals surface area (Å²) in [7, 11) is 0. The molecule has 1 N–H and O–H groups in total. The summed E-state index contributed by atoms with van der Waals surface area (Å²) in [6, 6.07) is 0.644. The third kappa shape index (κ3) is 2.58. The van der Waals surface area contributed by atoms with Gasteiger partial charge in [0.1, 0.15) is 0 Å². The Bertz CT molecular complexity index is 282. The van der Waals surface area contributed by atoms with E-state index in [0.29, 0.717) is 6.04 Å². The number of rotatable bonds is 4. The van der Waals surface area contributed by atoms with E-state index in [-0.39, 0.29) is 0 Å². The lowest BCUT2D eigenvalue weighted by atomic mass is 9.52. The Hall–Kier alpha value is -0.0800. The van der Waals surface area contributed by atoms with Gasteiger partial charge in [0.25, 0.3) is 0 Å². The van der Waals surface area contributed by atoms with Gasteiger partial charge in [0.2, 0.25) is 0 Å². The van der Waals surface area contributed by atoms with Crippen molar-refractivity contribution in [1.82, 2.24) is 5.32 Å². The van der Waals surface area contributed by atoms with E-state index in [9.17, 15) is 0 Å². The standard InChI is InChI=1S/C17H29NO/c1-2-4-18-16(3-1)10-19-11-17-14-6-12-5-13(8-14)9-15(17)7-12/h12-18H,1-11H2. The number of nitrogens with one attached hydrogen (secondary N) is 1. The summed E-state index contributed by atoms with van der Waals surface area (Å²) in [5.41, 5.74) is 0. The van der Waals surface area contributed by atoms with Crippen LogP contribution in [0.4, 0.5) is 0 Å². The Labute approximate surface area is 117 Å². The molecule has 0 aromatic heterocycles. The van der Waals surface area contributed by atoms with E-state index >= 15 is 0 Å². The van der Waals surface area contributed by atoms with Crippen molar-refractivity contribution in [2.45, 2.75) is 57.4 Å². The predicted octanol–water partition coefficient (Wildman–Crippen LogP) is 3.22.